The van der Waals surface area contributed by atoms with Gasteiger partial charge in [0.05, 0.1) is 6.04 Å². The number of hydrogen-bond donors (Lipinski definition) is 2. The highest BCUT2D eigenvalue weighted by Gasteiger charge is 2.17. The Bertz CT molecular complexity index is 243. The summed E-state index contributed by atoms with van der Waals surface area (Å²) in [5, 5.41) is 6.99. The summed E-state index contributed by atoms with van der Waals surface area (Å²) in [5.41, 5.74) is 0. The van der Waals surface area contributed by atoms with E-state index in [0.717, 1.165) is 19.5 Å². The van der Waals surface area contributed by atoms with Crippen molar-refractivity contribution < 1.29 is 4.79 Å². The average molecular weight is 290 g/mol. The van der Waals surface area contributed by atoms with Crippen LogP contribution in [-0.2, 0) is 4.79 Å². The lowest BCUT2D eigenvalue weighted by Crippen LogP contribution is -2.45. The Morgan fingerprint density at radius 1 is 1.33 bits per heavy atom. The molecule has 1 fully saturated rings. The fourth-order valence-corrected chi connectivity index (χ4v) is 4.32. The highest BCUT2D eigenvalue weighted by atomic mass is 32.2. The summed E-state index contributed by atoms with van der Waals surface area (Å²) in [6.45, 7) is 8.02. The van der Waals surface area contributed by atoms with Crippen LogP contribution in [-0.4, -0.2) is 47.5 Å². The molecule has 0 spiro atoms. The van der Waals surface area contributed by atoms with Crippen molar-refractivity contribution in [2.24, 2.45) is 5.92 Å². The molecule has 1 rings (SSSR count). The summed E-state index contributed by atoms with van der Waals surface area (Å²) < 4.78 is 0. The van der Waals surface area contributed by atoms with Gasteiger partial charge in [-0.15, -0.1) is 0 Å². The molecule has 0 aromatic rings. The minimum atomic E-state index is -0.0790. The van der Waals surface area contributed by atoms with Crippen LogP contribution in [0.4, 0.5) is 0 Å². The first-order chi connectivity index (χ1) is 8.59. The quantitative estimate of drug-likeness (QED) is 0.752. The molecule has 1 heterocycles. The van der Waals surface area contributed by atoms with Gasteiger partial charge in [0.15, 0.2) is 0 Å². The van der Waals surface area contributed by atoms with Crippen molar-refractivity contribution in [3.63, 3.8) is 0 Å². The maximum atomic E-state index is 11.8. The molecule has 1 aliphatic heterocycles. The van der Waals surface area contributed by atoms with Crippen molar-refractivity contribution in [3.8, 4) is 0 Å². The van der Waals surface area contributed by atoms with E-state index in [-0.39, 0.29) is 11.9 Å². The molecule has 2 unspecified atom stereocenters. The minimum Gasteiger partial charge on any atom is -0.355 e. The number of hydrogen-bond acceptors (Lipinski definition) is 4. The van der Waals surface area contributed by atoms with Gasteiger partial charge in [-0.2, -0.15) is 23.5 Å². The molecular formula is C13H26N2OS2. The Morgan fingerprint density at radius 3 is 2.72 bits per heavy atom. The topological polar surface area (TPSA) is 41.1 Å². The fourth-order valence-electron chi connectivity index (χ4n) is 1.69. The summed E-state index contributed by atoms with van der Waals surface area (Å²) in [4.78, 5) is 11.8. The highest BCUT2D eigenvalue weighted by Crippen LogP contribution is 2.23. The zero-order valence-corrected chi connectivity index (χ0v) is 13.3. The molecule has 18 heavy (non-hydrogen) atoms. The third-order valence-corrected chi connectivity index (χ3v) is 5.80. The van der Waals surface area contributed by atoms with E-state index in [1.165, 1.54) is 17.3 Å². The van der Waals surface area contributed by atoms with Gasteiger partial charge in [-0.1, -0.05) is 13.8 Å². The molecule has 0 aromatic carbocycles. The standard InChI is InChI=1S/C13H26N2OS2/c1-10(2)4-5-14-13(16)11(3)15-8-12-9-17-6-7-18-12/h10-12,15H,4-9H2,1-3H3,(H,14,16). The van der Waals surface area contributed by atoms with Crippen LogP contribution in [0.5, 0.6) is 0 Å². The van der Waals surface area contributed by atoms with E-state index in [4.69, 9.17) is 0 Å². The van der Waals surface area contributed by atoms with Crippen LogP contribution < -0.4 is 10.6 Å². The summed E-state index contributed by atoms with van der Waals surface area (Å²) in [7, 11) is 0. The molecular weight excluding hydrogens is 264 g/mol. The van der Waals surface area contributed by atoms with Crippen LogP contribution in [0.2, 0.25) is 0 Å². The zero-order valence-electron chi connectivity index (χ0n) is 11.7. The molecule has 1 amide bonds. The van der Waals surface area contributed by atoms with Gasteiger partial charge in [0.1, 0.15) is 0 Å². The van der Waals surface area contributed by atoms with Crippen molar-refractivity contribution >= 4 is 29.4 Å². The summed E-state index contributed by atoms with van der Waals surface area (Å²) in [6, 6.07) is -0.0790. The molecule has 0 aliphatic carbocycles. The molecule has 2 N–H and O–H groups in total. The first kappa shape index (κ1) is 16.2. The fraction of sp³-hybridized carbons (Fsp3) is 0.923. The largest absolute Gasteiger partial charge is 0.355 e. The normalized spacial score (nSPS) is 21.9. The Balaban J connectivity index is 2.10. The van der Waals surface area contributed by atoms with Gasteiger partial charge in [-0.25, -0.2) is 0 Å². The van der Waals surface area contributed by atoms with E-state index in [2.05, 4.69) is 24.5 Å². The second-order valence-electron chi connectivity index (χ2n) is 5.17. The van der Waals surface area contributed by atoms with E-state index >= 15 is 0 Å². The van der Waals surface area contributed by atoms with E-state index in [9.17, 15) is 4.79 Å². The second kappa shape index (κ2) is 9.10. The number of amides is 1. The molecule has 106 valence electrons. The summed E-state index contributed by atoms with van der Waals surface area (Å²) in [5.74, 6) is 4.49. The predicted octanol–water partition coefficient (Wildman–Crippen LogP) is 1.98. The van der Waals surface area contributed by atoms with Crippen LogP contribution in [0.3, 0.4) is 0 Å². The van der Waals surface area contributed by atoms with Crippen molar-refractivity contribution in [3.05, 3.63) is 0 Å². The lowest BCUT2D eigenvalue weighted by atomic mass is 10.1. The summed E-state index contributed by atoms with van der Waals surface area (Å²) >= 11 is 4.04. The molecule has 0 bridgehead atoms. The number of carbonyl (C=O) groups excluding carboxylic acids is 1. The Kier molecular flexibility index (Phi) is 8.18. The number of rotatable bonds is 7. The average Bonchev–Trinajstić information content (AvgIpc) is 2.36. The first-order valence-corrected chi connectivity index (χ1v) is 9.00. The van der Waals surface area contributed by atoms with Gasteiger partial charge in [0, 0.05) is 35.6 Å². The van der Waals surface area contributed by atoms with Gasteiger partial charge >= 0.3 is 0 Å². The minimum absolute atomic E-state index is 0.0790. The molecule has 0 radical (unpaired) electrons. The van der Waals surface area contributed by atoms with Gasteiger partial charge in [0.25, 0.3) is 0 Å². The van der Waals surface area contributed by atoms with Crippen LogP contribution in [0.15, 0.2) is 0 Å². The van der Waals surface area contributed by atoms with Crippen LogP contribution in [0, 0.1) is 5.92 Å². The van der Waals surface area contributed by atoms with Crippen LogP contribution in [0.1, 0.15) is 27.2 Å². The maximum Gasteiger partial charge on any atom is 0.236 e. The van der Waals surface area contributed by atoms with Gasteiger partial charge in [-0.05, 0) is 19.3 Å². The molecule has 0 saturated carbocycles. The van der Waals surface area contributed by atoms with Crippen LogP contribution >= 0.6 is 23.5 Å². The highest BCUT2D eigenvalue weighted by molar-refractivity contribution is 8.06. The molecule has 2 atom stereocenters. The van der Waals surface area contributed by atoms with Crippen LogP contribution in [0.25, 0.3) is 0 Å². The van der Waals surface area contributed by atoms with Gasteiger partial charge < -0.3 is 10.6 Å². The molecule has 3 nitrogen and oxygen atoms in total. The Labute approximate surface area is 120 Å². The lowest BCUT2D eigenvalue weighted by Gasteiger charge is -2.23. The van der Waals surface area contributed by atoms with E-state index in [1.54, 1.807) is 0 Å². The Hall–Kier alpha value is 0.130. The summed E-state index contributed by atoms with van der Waals surface area (Å²) in [6.07, 6.45) is 1.05. The van der Waals surface area contributed by atoms with Gasteiger partial charge in [-0.3, -0.25) is 4.79 Å². The van der Waals surface area contributed by atoms with E-state index in [0.29, 0.717) is 11.2 Å². The molecule has 1 saturated heterocycles. The molecule has 0 aromatic heterocycles. The van der Waals surface area contributed by atoms with Crippen molar-refractivity contribution in [1.29, 1.82) is 0 Å². The third kappa shape index (κ3) is 6.90. The van der Waals surface area contributed by atoms with E-state index < -0.39 is 0 Å². The number of nitrogens with one attached hydrogen (secondary N) is 2. The monoisotopic (exact) mass is 290 g/mol. The Morgan fingerprint density at radius 2 is 2.11 bits per heavy atom. The van der Waals surface area contributed by atoms with Gasteiger partial charge in [0.2, 0.25) is 5.91 Å². The third-order valence-electron chi connectivity index (χ3n) is 2.95. The lowest BCUT2D eigenvalue weighted by molar-refractivity contribution is -0.122. The first-order valence-electron chi connectivity index (χ1n) is 6.80. The maximum absolute atomic E-state index is 11.8. The van der Waals surface area contributed by atoms with Crippen molar-refractivity contribution in [1.82, 2.24) is 10.6 Å². The SMILES string of the molecule is CC(C)CCNC(=O)C(C)NCC1CSCCS1. The second-order valence-corrected chi connectivity index (χ2v) is 7.73. The molecule has 1 aliphatic rings. The predicted molar refractivity (Wildman–Crippen MR) is 83.5 cm³/mol. The van der Waals surface area contributed by atoms with Crippen molar-refractivity contribution in [2.75, 3.05) is 30.3 Å². The molecule has 5 heteroatoms. The number of thioether (sulfide) groups is 2. The van der Waals surface area contributed by atoms with Crippen molar-refractivity contribution in [2.45, 2.75) is 38.5 Å². The van der Waals surface area contributed by atoms with E-state index in [1.807, 2.05) is 30.4 Å². The zero-order chi connectivity index (χ0) is 13.4. The smallest absolute Gasteiger partial charge is 0.236 e. The number of carbonyl (C=O) groups is 1.